The van der Waals surface area contributed by atoms with Gasteiger partial charge in [-0.1, -0.05) is 15.9 Å². The van der Waals surface area contributed by atoms with Crippen LogP contribution in [0.2, 0.25) is 0 Å². The number of nitrogens with zero attached hydrogens (tertiary/aromatic N) is 2. The van der Waals surface area contributed by atoms with E-state index in [9.17, 15) is 4.39 Å². The summed E-state index contributed by atoms with van der Waals surface area (Å²) in [5, 5.41) is 0. The molecule has 0 saturated heterocycles. The Morgan fingerprint density at radius 2 is 2.17 bits per heavy atom. The van der Waals surface area contributed by atoms with Crippen LogP contribution in [0.5, 0.6) is 0 Å². The van der Waals surface area contributed by atoms with Gasteiger partial charge in [0.25, 0.3) is 0 Å². The highest BCUT2D eigenvalue weighted by Gasteiger charge is 2.14. The minimum Gasteiger partial charge on any atom is -0.434 e. The first-order valence-corrected chi connectivity index (χ1v) is 5.90. The van der Waals surface area contributed by atoms with Crippen molar-refractivity contribution >= 4 is 32.7 Å². The molecule has 0 amide bonds. The third-order valence-corrected chi connectivity index (χ3v) is 2.94. The van der Waals surface area contributed by atoms with Crippen LogP contribution < -0.4 is 5.73 Å². The number of rotatable bonds is 1. The predicted octanol–water partition coefficient (Wildman–Crippen LogP) is 3.37. The van der Waals surface area contributed by atoms with Gasteiger partial charge in [0.05, 0.1) is 17.4 Å². The Bertz CT molecular complexity index is 741. The molecule has 3 aromatic rings. The van der Waals surface area contributed by atoms with Gasteiger partial charge in [0.15, 0.2) is 11.4 Å². The Morgan fingerprint density at radius 3 is 2.94 bits per heavy atom. The van der Waals surface area contributed by atoms with Crippen LogP contribution >= 0.6 is 15.9 Å². The maximum absolute atomic E-state index is 13.6. The van der Waals surface area contributed by atoms with Crippen molar-refractivity contribution in [1.29, 1.82) is 0 Å². The smallest absolute Gasteiger partial charge is 0.230 e. The van der Waals surface area contributed by atoms with E-state index in [0.717, 1.165) is 10.7 Å². The molecule has 0 saturated carbocycles. The van der Waals surface area contributed by atoms with Gasteiger partial charge < -0.3 is 10.2 Å². The number of anilines is 1. The molecule has 18 heavy (non-hydrogen) atoms. The molecule has 2 N–H and O–H groups in total. The number of pyridine rings is 1. The van der Waals surface area contributed by atoms with E-state index in [1.807, 2.05) is 0 Å². The highest BCUT2D eigenvalue weighted by Crippen LogP contribution is 2.31. The zero-order chi connectivity index (χ0) is 12.7. The van der Waals surface area contributed by atoms with E-state index in [4.69, 9.17) is 10.2 Å². The number of nitrogen functional groups attached to an aromatic ring is 1. The molecule has 0 radical (unpaired) electrons. The summed E-state index contributed by atoms with van der Waals surface area (Å²) in [6.07, 6.45) is 2.59. The van der Waals surface area contributed by atoms with Gasteiger partial charge in [-0.05, 0) is 18.2 Å². The Labute approximate surface area is 110 Å². The molecule has 0 aliphatic rings. The largest absolute Gasteiger partial charge is 0.434 e. The van der Waals surface area contributed by atoms with Crippen LogP contribution in [0.4, 0.5) is 10.1 Å². The number of aromatic nitrogens is 2. The summed E-state index contributed by atoms with van der Waals surface area (Å²) in [7, 11) is 0. The van der Waals surface area contributed by atoms with Crippen molar-refractivity contribution in [3.63, 3.8) is 0 Å². The molecule has 90 valence electrons. The molecule has 4 nitrogen and oxygen atoms in total. The number of hydrogen-bond donors (Lipinski definition) is 1. The van der Waals surface area contributed by atoms with Crippen molar-refractivity contribution < 1.29 is 8.81 Å². The van der Waals surface area contributed by atoms with E-state index in [0.29, 0.717) is 16.8 Å². The first-order chi connectivity index (χ1) is 8.65. The molecule has 0 bridgehead atoms. The molecular weight excluding hydrogens is 301 g/mol. The Kier molecular flexibility index (Phi) is 2.52. The molecule has 0 fully saturated rings. The van der Waals surface area contributed by atoms with Crippen LogP contribution in [0.25, 0.3) is 22.6 Å². The molecular formula is C12H7BrFN3O. The van der Waals surface area contributed by atoms with Gasteiger partial charge in [-0.25, -0.2) is 9.37 Å². The van der Waals surface area contributed by atoms with E-state index in [-0.39, 0.29) is 11.5 Å². The minimum absolute atomic E-state index is 0.190. The number of benzene rings is 1. The van der Waals surface area contributed by atoms with Crippen LogP contribution in [0, 0.1) is 5.82 Å². The molecule has 0 atom stereocenters. The Morgan fingerprint density at radius 1 is 1.33 bits per heavy atom. The van der Waals surface area contributed by atoms with E-state index in [2.05, 4.69) is 25.9 Å². The van der Waals surface area contributed by atoms with Crippen molar-refractivity contribution in [3.8, 4) is 11.5 Å². The Balaban J connectivity index is 2.26. The van der Waals surface area contributed by atoms with Crippen molar-refractivity contribution in [2.24, 2.45) is 0 Å². The minimum atomic E-state index is -0.485. The van der Waals surface area contributed by atoms with Gasteiger partial charge in [0.2, 0.25) is 5.89 Å². The first kappa shape index (κ1) is 11.2. The van der Waals surface area contributed by atoms with Gasteiger partial charge in [-0.2, -0.15) is 0 Å². The highest BCUT2D eigenvalue weighted by molar-refractivity contribution is 9.10. The summed E-state index contributed by atoms with van der Waals surface area (Å²) in [6, 6.07) is 4.98. The normalized spacial score (nSPS) is 11.0. The standard InChI is InChI=1S/C12H7BrFN3O/c13-6-3-9(15)11-10(4-6)17-12(18-11)7-1-2-16-5-8(7)14/h1-5H,15H2. The number of nitrogens with two attached hydrogens (primary N) is 1. The molecule has 0 aliphatic carbocycles. The summed E-state index contributed by atoms with van der Waals surface area (Å²) >= 11 is 3.32. The van der Waals surface area contributed by atoms with E-state index < -0.39 is 5.82 Å². The highest BCUT2D eigenvalue weighted by atomic mass is 79.9. The number of fused-ring (bicyclic) bond motifs is 1. The second kappa shape index (κ2) is 4.06. The third-order valence-electron chi connectivity index (χ3n) is 2.49. The van der Waals surface area contributed by atoms with Crippen molar-refractivity contribution in [3.05, 3.63) is 40.9 Å². The summed E-state index contributed by atoms with van der Waals surface area (Å²) in [4.78, 5) is 7.90. The van der Waals surface area contributed by atoms with Crippen LogP contribution in [-0.4, -0.2) is 9.97 Å². The molecule has 0 aliphatic heterocycles. The zero-order valence-electron chi connectivity index (χ0n) is 9.02. The van der Waals surface area contributed by atoms with Gasteiger partial charge in [0.1, 0.15) is 5.52 Å². The third kappa shape index (κ3) is 1.74. The van der Waals surface area contributed by atoms with Crippen LogP contribution in [0.15, 0.2) is 39.5 Å². The van der Waals surface area contributed by atoms with E-state index in [1.54, 1.807) is 12.1 Å². The van der Waals surface area contributed by atoms with Gasteiger partial charge in [0, 0.05) is 10.7 Å². The number of halogens is 2. The molecule has 2 heterocycles. The average molecular weight is 308 g/mol. The maximum Gasteiger partial charge on any atom is 0.230 e. The van der Waals surface area contributed by atoms with Crippen molar-refractivity contribution in [1.82, 2.24) is 9.97 Å². The maximum atomic E-state index is 13.6. The SMILES string of the molecule is Nc1cc(Br)cc2nc(-c3ccncc3F)oc12. The van der Waals surface area contributed by atoms with Crippen molar-refractivity contribution in [2.45, 2.75) is 0 Å². The van der Waals surface area contributed by atoms with Crippen molar-refractivity contribution in [2.75, 3.05) is 5.73 Å². The van der Waals surface area contributed by atoms with Gasteiger partial charge in [-0.3, -0.25) is 4.98 Å². The van der Waals surface area contributed by atoms with Crippen LogP contribution in [0.1, 0.15) is 0 Å². The molecule has 0 unspecified atom stereocenters. The second-order valence-corrected chi connectivity index (χ2v) is 4.63. The average Bonchev–Trinajstić information content (AvgIpc) is 2.73. The number of oxazole rings is 1. The fourth-order valence-electron chi connectivity index (χ4n) is 1.69. The molecule has 2 aromatic heterocycles. The second-order valence-electron chi connectivity index (χ2n) is 3.72. The van der Waals surface area contributed by atoms with Crippen LogP contribution in [0.3, 0.4) is 0 Å². The van der Waals surface area contributed by atoms with E-state index >= 15 is 0 Å². The topological polar surface area (TPSA) is 64.9 Å². The molecule has 3 rings (SSSR count). The fourth-order valence-corrected chi connectivity index (χ4v) is 2.15. The van der Waals surface area contributed by atoms with Crippen LogP contribution in [-0.2, 0) is 0 Å². The fraction of sp³-hybridized carbons (Fsp3) is 0. The monoisotopic (exact) mass is 307 g/mol. The lowest BCUT2D eigenvalue weighted by molar-refractivity contribution is 0.591. The molecule has 0 spiro atoms. The lowest BCUT2D eigenvalue weighted by atomic mass is 10.2. The van der Waals surface area contributed by atoms with E-state index in [1.165, 1.54) is 12.3 Å². The molecule has 1 aromatic carbocycles. The summed E-state index contributed by atoms with van der Waals surface area (Å²) in [5.41, 5.74) is 7.55. The quantitative estimate of drug-likeness (QED) is 0.700. The molecule has 6 heteroatoms. The Hall–Kier alpha value is -1.95. The number of hydrogen-bond acceptors (Lipinski definition) is 4. The lowest BCUT2D eigenvalue weighted by Gasteiger charge is -1.95. The zero-order valence-corrected chi connectivity index (χ0v) is 10.6. The summed E-state index contributed by atoms with van der Waals surface area (Å²) in [5.74, 6) is -0.295. The van der Waals surface area contributed by atoms with Gasteiger partial charge >= 0.3 is 0 Å². The predicted molar refractivity (Wildman–Crippen MR) is 69.3 cm³/mol. The summed E-state index contributed by atoms with van der Waals surface area (Å²) in [6.45, 7) is 0. The summed E-state index contributed by atoms with van der Waals surface area (Å²) < 4.78 is 19.9. The lowest BCUT2D eigenvalue weighted by Crippen LogP contribution is -1.84. The van der Waals surface area contributed by atoms with Gasteiger partial charge in [-0.15, -0.1) is 0 Å². The first-order valence-electron chi connectivity index (χ1n) is 5.10.